The summed E-state index contributed by atoms with van der Waals surface area (Å²) < 4.78 is 0. The topological polar surface area (TPSA) is 55.2 Å². The van der Waals surface area contributed by atoms with E-state index >= 15 is 0 Å². The van der Waals surface area contributed by atoms with Gasteiger partial charge in [-0.3, -0.25) is 10.1 Å². The summed E-state index contributed by atoms with van der Waals surface area (Å²) in [7, 11) is 0. The maximum absolute atomic E-state index is 11.0. The second-order valence-electron chi connectivity index (χ2n) is 6.66. The first kappa shape index (κ1) is 15.3. The number of hydrogen-bond acceptors (Lipinski definition) is 3. The van der Waals surface area contributed by atoms with E-state index in [2.05, 4.69) is 33.0 Å². The molecule has 1 saturated carbocycles. The van der Waals surface area contributed by atoms with E-state index in [0.717, 1.165) is 6.54 Å². The molecule has 0 saturated heterocycles. The lowest BCUT2D eigenvalue weighted by Crippen LogP contribution is -2.19. The van der Waals surface area contributed by atoms with Crippen LogP contribution in [0.25, 0.3) is 0 Å². The molecule has 0 radical (unpaired) electrons. The fraction of sp³-hybridized carbons (Fsp3) is 0.600. The van der Waals surface area contributed by atoms with E-state index in [4.69, 9.17) is 11.6 Å². The molecule has 1 N–H and O–H groups in total. The lowest BCUT2D eigenvalue weighted by atomic mass is 10.0. The third-order valence-corrected chi connectivity index (χ3v) is 5.46. The van der Waals surface area contributed by atoms with E-state index in [-0.39, 0.29) is 10.6 Å². The van der Waals surface area contributed by atoms with Crippen molar-refractivity contribution in [2.45, 2.75) is 34.2 Å². The Morgan fingerprint density at radius 3 is 2.40 bits per heavy atom. The van der Waals surface area contributed by atoms with Crippen molar-refractivity contribution in [2.24, 2.45) is 16.7 Å². The van der Waals surface area contributed by atoms with Gasteiger partial charge < -0.3 is 5.32 Å². The second kappa shape index (κ2) is 5.01. The zero-order chi connectivity index (χ0) is 15.1. The lowest BCUT2D eigenvalue weighted by Gasteiger charge is -2.07. The van der Waals surface area contributed by atoms with Gasteiger partial charge in [0.25, 0.3) is 5.69 Å². The van der Waals surface area contributed by atoms with Gasteiger partial charge in [-0.05, 0) is 35.4 Å². The molecule has 0 bridgehead atoms. The normalized spacial score (nSPS) is 19.9. The maximum Gasteiger partial charge on any atom is 0.275 e. The molecule has 1 aliphatic rings. The predicted octanol–water partition coefficient (Wildman–Crippen LogP) is 4.02. The molecular formula is C15H21ClN2O2. The Morgan fingerprint density at radius 2 is 1.90 bits per heavy atom. The van der Waals surface area contributed by atoms with E-state index in [0.29, 0.717) is 33.9 Å². The van der Waals surface area contributed by atoms with E-state index in [9.17, 15) is 10.1 Å². The van der Waals surface area contributed by atoms with Crippen LogP contribution >= 0.6 is 11.6 Å². The molecule has 1 aromatic carbocycles. The van der Waals surface area contributed by atoms with Gasteiger partial charge in [-0.25, -0.2) is 0 Å². The van der Waals surface area contributed by atoms with Gasteiger partial charge in [0.15, 0.2) is 0 Å². The number of nitrogens with one attached hydrogen (secondary N) is 1. The van der Waals surface area contributed by atoms with Gasteiger partial charge >= 0.3 is 0 Å². The Bertz CT molecular complexity index is 527. The lowest BCUT2D eigenvalue weighted by molar-refractivity contribution is -0.385. The number of rotatable bonds is 5. The molecule has 0 spiro atoms. The number of nitro groups is 1. The van der Waals surface area contributed by atoms with Crippen LogP contribution < -0.4 is 5.32 Å². The Labute approximate surface area is 124 Å². The minimum absolute atomic E-state index is 0.0827. The molecule has 20 heavy (non-hydrogen) atoms. The van der Waals surface area contributed by atoms with Crippen LogP contribution in [0.3, 0.4) is 0 Å². The van der Waals surface area contributed by atoms with E-state index in [1.54, 1.807) is 12.1 Å². The van der Waals surface area contributed by atoms with Gasteiger partial charge in [0.1, 0.15) is 0 Å². The van der Waals surface area contributed by atoms with Crippen molar-refractivity contribution in [1.82, 2.24) is 5.32 Å². The Morgan fingerprint density at radius 1 is 1.30 bits per heavy atom. The van der Waals surface area contributed by atoms with E-state index < -0.39 is 0 Å². The molecule has 0 atom stereocenters. The highest BCUT2D eigenvalue weighted by atomic mass is 35.5. The summed E-state index contributed by atoms with van der Waals surface area (Å²) >= 11 is 5.81. The molecule has 2 rings (SSSR count). The van der Waals surface area contributed by atoms with Crippen molar-refractivity contribution in [3.05, 3.63) is 38.9 Å². The SMILES string of the molecule is CC1(C)C(CNCc2ccc(Cl)cc2[N+](=O)[O-])C1(C)C. The molecule has 1 aromatic rings. The Balaban J connectivity index is 1.98. The quantitative estimate of drug-likeness (QED) is 0.659. The van der Waals surface area contributed by atoms with Crippen LogP contribution in [0.4, 0.5) is 5.69 Å². The zero-order valence-electron chi connectivity index (χ0n) is 12.4. The summed E-state index contributed by atoms with van der Waals surface area (Å²) in [6.07, 6.45) is 0. The average molecular weight is 297 g/mol. The van der Waals surface area contributed by atoms with Gasteiger partial charge in [-0.1, -0.05) is 39.3 Å². The summed E-state index contributed by atoms with van der Waals surface area (Å²) in [5.41, 5.74) is 1.41. The van der Waals surface area contributed by atoms with Crippen molar-refractivity contribution < 1.29 is 4.92 Å². The van der Waals surface area contributed by atoms with Crippen LogP contribution in [-0.2, 0) is 6.54 Å². The van der Waals surface area contributed by atoms with Crippen LogP contribution in [-0.4, -0.2) is 11.5 Å². The van der Waals surface area contributed by atoms with Crippen LogP contribution in [0.5, 0.6) is 0 Å². The molecule has 5 heteroatoms. The summed E-state index contributed by atoms with van der Waals surface area (Å²) in [4.78, 5) is 10.6. The highest BCUT2D eigenvalue weighted by Gasteiger charge is 2.63. The Kier molecular flexibility index (Phi) is 3.82. The zero-order valence-corrected chi connectivity index (χ0v) is 13.1. The molecule has 0 aromatic heterocycles. The number of nitro benzene ring substituents is 1. The molecule has 0 aliphatic heterocycles. The monoisotopic (exact) mass is 296 g/mol. The molecule has 110 valence electrons. The fourth-order valence-electron chi connectivity index (χ4n) is 3.05. The van der Waals surface area contributed by atoms with E-state index in [1.165, 1.54) is 6.07 Å². The predicted molar refractivity (Wildman–Crippen MR) is 80.9 cm³/mol. The summed E-state index contributed by atoms with van der Waals surface area (Å²) in [5.74, 6) is 0.598. The molecule has 4 nitrogen and oxygen atoms in total. The summed E-state index contributed by atoms with van der Waals surface area (Å²) in [6, 6.07) is 4.82. The van der Waals surface area contributed by atoms with Gasteiger partial charge in [-0.2, -0.15) is 0 Å². The van der Waals surface area contributed by atoms with Crippen molar-refractivity contribution >= 4 is 17.3 Å². The molecule has 0 heterocycles. The van der Waals surface area contributed by atoms with Crippen molar-refractivity contribution in [3.8, 4) is 0 Å². The minimum atomic E-state index is -0.381. The molecule has 0 unspecified atom stereocenters. The third kappa shape index (κ3) is 2.54. The van der Waals surface area contributed by atoms with Gasteiger partial charge in [0, 0.05) is 23.2 Å². The smallest absolute Gasteiger partial charge is 0.275 e. The number of nitrogens with zero attached hydrogens (tertiary/aromatic N) is 1. The van der Waals surface area contributed by atoms with Crippen molar-refractivity contribution in [2.75, 3.05) is 6.54 Å². The fourth-order valence-corrected chi connectivity index (χ4v) is 3.22. The molecule has 1 aliphatic carbocycles. The largest absolute Gasteiger partial charge is 0.312 e. The van der Waals surface area contributed by atoms with Gasteiger partial charge in [0.2, 0.25) is 0 Å². The minimum Gasteiger partial charge on any atom is -0.312 e. The van der Waals surface area contributed by atoms with Crippen molar-refractivity contribution in [1.29, 1.82) is 0 Å². The van der Waals surface area contributed by atoms with E-state index in [1.807, 2.05) is 0 Å². The molecular weight excluding hydrogens is 276 g/mol. The summed E-state index contributed by atoms with van der Waals surface area (Å²) in [5, 5.41) is 14.7. The van der Waals surface area contributed by atoms with Crippen molar-refractivity contribution in [3.63, 3.8) is 0 Å². The molecule has 0 amide bonds. The first-order chi connectivity index (χ1) is 9.18. The molecule has 1 fully saturated rings. The third-order valence-electron chi connectivity index (χ3n) is 5.23. The highest BCUT2D eigenvalue weighted by molar-refractivity contribution is 6.30. The van der Waals surface area contributed by atoms with Crippen LogP contribution in [0.15, 0.2) is 18.2 Å². The van der Waals surface area contributed by atoms with Crippen LogP contribution in [0.1, 0.15) is 33.3 Å². The van der Waals surface area contributed by atoms with Gasteiger partial charge in [-0.15, -0.1) is 0 Å². The number of hydrogen-bond donors (Lipinski definition) is 1. The second-order valence-corrected chi connectivity index (χ2v) is 7.09. The number of halogens is 1. The van der Waals surface area contributed by atoms with Gasteiger partial charge in [0.05, 0.1) is 4.92 Å². The summed E-state index contributed by atoms with van der Waals surface area (Å²) in [6.45, 7) is 10.4. The average Bonchev–Trinajstić information content (AvgIpc) is 2.72. The number of benzene rings is 1. The maximum atomic E-state index is 11.0. The highest BCUT2D eigenvalue weighted by Crippen LogP contribution is 2.67. The standard InChI is InChI=1S/C15H21ClN2O2/c1-14(2)13(15(14,3)4)9-17-8-10-5-6-11(16)7-12(10)18(19)20/h5-7,13,17H,8-9H2,1-4H3. The first-order valence-electron chi connectivity index (χ1n) is 6.81. The first-order valence-corrected chi connectivity index (χ1v) is 7.19. The van der Waals surface area contributed by atoms with Crippen LogP contribution in [0, 0.1) is 26.9 Å². The Hall–Kier alpha value is -1.13. The van der Waals surface area contributed by atoms with Crippen LogP contribution in [0.2, 0.25) is 5.02 Å².